The summed E-state index contributed by atoms with van der Waals surface area (Å²) in [6.45, 7) is 0. The standard InChI is InChI=1S/C23H11BrO2/c24-17-11-16-21(23-20(17)14-7-3-4-8-18(14)26-23)19-13-6-2-1-5-12(13)9-10-15(19)22(16)25/h1-11H. The summed E-state index contributed by atoms with van der Waals surface area (Å²) in [4.78, 5) is 13.1. The van der Waals surface area contributed by atoms with E-state index in [1.165, 1.54) is 0 Å². The van der Waals surface area contributed by atoms with Crippen LogP contribution in [-0.4, -0.2) is 5.78 Å². The maximum absolute atomic E-state index is 13.1. The van der Waals surface area contributed by atoms with E-state index in [4.69, 9.17) is 4.42 Å². The van der Waals surface area contributed by atoms with E-state index in [-0.39, 0.29) is 5.78 Å². The Bertz CT molecular complexity index is 1410. The van der Waals surface area contributed by atoms with Gasteiger partial charge in [0.1, 0.15) is 11.2 Å². The van der Waals surface area contributed by atoms with E-state index in [0.717, 1.165) is 53.9 Å². The smallest absolute Gasteiger partial charge is 0.194 e. The van der Waals surface area contributed by atoms with Crippen molar-refractivity contribution in [2.24, 2.45) is 0 Å². The highest BCUT2D eigenvalue weighted by molar-refractivity contribution is 9.10. The maximum Gasteiger partial charge on any atom is 0.194 e. The number of fused-ring (bicyclic) bond motifs is 9. The van der Waals surface area contributed by atoms with Gasteiger partial charge in [0.2, 0.25) is 0 Å². The second kappa shape index (κ2) is 4.83. The van der Waals surface area contributed by atoms with Crippen molar-refractivity contribution < 1.29 is 9.21 Å². The van der Waals surface area contributed by atoms with E-state index >= 15 is 0 Å². The van der Waals surface area contributed by atoms with Gasteiger partial charge in [-0.25, -0.2) is 0 Å². The lowest BCUT2D eigenvalue weighted by Crippen LogP contribution is -1.94. The topological polar surface area (TPSA) is 30.2 Å². The molecule has 1 aliphatic carbocycles. The van der Waals surface area contributed by atoms with Crippen LogP contribution < -0.4 is 0 Å². The number of ketones is 1. The van der Waals surface area contributed by atoms with Crippen molar-refractivity contribution in [2.75, 3.05) is 0 Å². The van der Waals surface area contributed by atoms with Crippen molar-refractivity contribution in [3.8, 4) is 11.1 Å². The summed E-state index contributed by atoms with van der Waals surface area (Å²) < 4.78 is 7.14. The highest BCUT2D eigenvalue weighted by Gasteiger charge is 2.32. The van der Waals surface area contributed by atoms with Gasteiger partial charge >= 0.3 is 0 Å². The predicted octanol–water partition coefficient (Wildman–Crippen LogP) is 6.71. The Morgan fingerprint density at radius 3 is 2.42 bits per heavy atom. The molecule has 5 aromatic rings. The molecule has 26 heavy (non-hydrogen) atoms. The molecule has 0 atom stereocenters. The summed E-state index contributed by atoms with van der Waals surface area (Å²) in [5.74, 6) is 0.0591. The molecule has 0 fully saturated rings. The maximum atomic E-state index is 13.1. The first-order valence-electron chi connectivity index (χ1n) is 8.44. The molecule has 1 aromatic heterocycles. The lowest BCUT2D eigenvalue weighted by atomic mass is 9.96. The first-order valence-corrected chi connectivity index (χ1v) is 9.24. The molecule has 4 aromatic carbocycles. The number of benzene rings is 4. The highest BCUT2D eigenvalue weighted by atomic mass is 79.9. The van der Waals surface area contributed by atoms with E-state index in [2.05, 4.69) is 34.1 Å². The van der Waals surface area contributed by atoms with Gasteiger partial charge in [-0.2, -0.15) is 0 Å². The molecule has 0 saturated carbocycles. The third kappa shape index (κ3) is 1.64. The molecule has 0 unspecified atom stereocenters. The molecule has 1 heterocycles. The third-order valence-corrected chi connectivity index (χ3v) is 5.90. The zero-order valence-electron chi connectivity index (χ0n) is 13.5. The van der Waals surface area contributed by atoms with Gasteiger partial charge in [0, 0.05) is 37.5 Å². The minimum Gasteiger partial charge on any atom is -0.455 e. The van der Waals surface area contributed by atoms with Gasteiger partial charge in [-0.15, -0.1) is 0 Å². The zero-order valence-corrected chi connectivity index (χ0v) is 15.1. The van der Waals surface area contributed by atoms with Crippen LogP contribution in [0.2, 0.25) is 0 Å². The van der Waals surface area contributed by atoms with Gasteiger partial charge < -0.3 is 4.42 Å². The monoisotopic (exact) mass is 398 g/mol. The Morgan fingerprint density at radius 1 is 0.769 bits per heavy atom. The number of carbonyl (C=O) groups excluding carboxylic acids is 1. The normalized spacial score (nSPS) is 12.9. The third-order valence-electron chi connectivity index (χ3n) is 5.27. The first kappa shape index (κ1) is 14.3. The van der Waals surface area contributed by atoms with E-state index in [9.17, 15) is 4.79 Å². The summed E-state index contributed by atoms with van der Waals surface area (Å²) in [6, 6.07) is 22.1. The van der Waals surface area contributed by atoms with Crippen LogP contribution in [0.3, 0.4) is 0 Å². The quantitative estimate of drug-likeness (QED) is 0.284. The molecule has 1 aliphatic rings. The van der Waals surface area contributed by atoms with E-state index in [1.54, 1.807) is 0 Å². The Kier molecular flexibility index (Phi) is 2.65. The fourth-order valence-electron chi connectivity index (χ4n) is 4.15. The average molecular weight is 399 g/mol. The molecule has 3 heteroatoms. The molecular formula is C23H11BrO2. The number of halogens is 1. The van der Waals surface area contributed by atoms with Gasteiger partial charge in [0.25, 0.3) is 0 Å². The van der Waals surface area contributed by atoms with Crippen LogP contribution in [-0.2, 0) is 0 Å². The van der Waals surface area contributed by atoms with Crippen molar-refractivity contribution >= 4 is 54.4 Å². The predicted molar refractivity (Wildman–Crippen MR) is 108 cm³/mol. The molecule has 0 amide bonds. The number of furan rings is 1. The van der Waals surface area contributed by atoms with E-state index in [0.29, 0.717) is 5.56 Å². The molecule has 0 saturated heterocycles. The van der Waals surface area contributed by atoms with Gasteiger partial charge in [0.05, 0.1) is 0 Å². The lowest BCUT2D eigenvalue weighted by molar-refractivity contribution is 0.104. The Hall–Kier alpha value is -2.91. The number of carbonyl (C=O) groups is 1. The largest absolute Gasteiger partial charge is 0.455 e. The van der Waals surface area contributed by atoms with Crippen molar-refractivity contribution in [1.82, 2.24) is 0 Å². The molecule has 0 aliphatic heterocycles. The van der Waals surface area contributed by atoms with Crippen LogP contribution in [0.15, 0.2) is 75.6 Å². The van der Waals surface area contributed by atoms with Crippen LogP contribution in [0, 0.1) is 0 Å². The van der Waals surface area contributed by atoms with Crippen molar-refractivity contribution in [2.45, 2.75) is 0 Å². The molecule has 2 nitrogen and oxygen atoms in total. The second-order valence-corrected chi connectivity index (χ2v) is 7.48. The fraction of sp³-hybridized carbons (Fsp3) is 0. The first-order chi connectivity index (χ1) is 12.7. The molecular weight excluding hydrogens is 388 g/mol. The summed E-state index contributed by atoms with van der Waals surface area (Å²) in [6.07, 6.45) is 0. The van der Waals surface area contributed by atoms with Gasteiger partial charge in [-0.3, -0.25) is 4.79 Å². The van der Waals surface area contributed by atoms with Crippen LogP contribution >= 0.6 is 15.9 Å². The second-order valence-electron chi connectivity index (χ2n) is 6.62. The average Bonchev–Trinajstić information content (AvgIpc) is 3.19. The molecule has 6 rings (SSSR count). The van der Waals surface area contributed by atoms with Crippen molar-refractivity contribution in [3.63, 3.8) is 0 Å². The van der Waals surface area contributed by atoms with Crippen LogP contribution in [0.25, 0.3) is 43.8 Å². The lowest BCUT2D eigenvalue weighted by Gasteiger charge is -2.07. The SMILES string of the molecule is O=C1c2ccc3ccccc3c2-c2c1cc(Br)c1c2oc2ccccc21. The number of hydrogen-bond acceptors (Lipinski definition) is 2. The summed E-state index contributed by atoms with van der Waals surface area (Å²) >= 11 is 3.66. The zero-order chi connectivity index (χ0) is 17.4. The highest BCUT2D eigenvalue weighted by Crippen LogP contribution is 2.49. The number of rotatable bonds is 0. The number of hydrogen-bond donors (Lipinski definition) is 0. The van der Waals surface area contributed by atoms with E-state index < -0.39 is 0 Å². The van der Waals surface area contributed by atoms with Gasteiger partial charge in [0.15, 0.2) is 5.78 Å². The number of para-hydroxylation sites is 1. The Balaban J connectivity index is 1.89. The summed E-state index contributed by atoms with van der Waals surface area (Å²) in [5.41, 5.74) is 4.96. The van der Waals surface area contributed by atoms with Crippen LogP contribution in [0.1, 0.15) is 15.9 Å². The van der Waals surface area contributed by atoms with Crippen molar-refractivity contribution in [3.05, 3.63) is 82.3 Å². The van der Waals surface area contributed by atoms with E-state index in [1.807, 2.05) is 48.5 Å². The Morgan fingerprint density at radius 2 is 1.54 bits per heavy atom. The van der Waals surface area contributed by atoms with Gasteiger partial charge in [-0.05, 0) is 44.9 Å². The molecule has 0 N–H and O–H groups in total. The summed E-state index contributed by atoms with van der Waals surface area (Å²) in [5, 5.41) is 4.28. The molecule has 0 spiro atoms. The fourth-order valence-corrected chi connectivity index (χ4v) is 4.78. The molecule has 0 bridgehead atoms. The minimum atomic E-state index is 0.0591. The Labute approximate surface area is 157 Å². The summed E-state index contributed by atoms with van der Waals surface area (Å²) in [7, 11) is 0. The van der Waals surface area contributed by atoms with Crippen molar-refractivity contribution in [1.29, 1.82) is 0 Å². The molecule has 122 valence electrons. The van der Waals surface area contributed by atoms with Crippen LogP contribution in [0.5, 0.6) is 0 Å². The van der Waals surface area contributed by atoms with Crippen LogP contribution in [0.4, 0.5) is 0 Å². The van der Waals surface area contributed by atoms with Gasteiger partial charge in [-0.1, -0.05) is 48.5 Å². The minimum absolute atomic E-state index is 0.0591. The molecule has 0 radical (unpaired) electrons.